The number of anilines is 1. The summed E-state index contributed by atoms with van der Waals surface area (Å²) in [6, 6.07) is 13.1. The number of ether oxygens (including phenoxy) is 2. The highest BCUT2D eigenvalue weighted by molar-refractivity contribution is 7.22. The van der Waals surface area contributed by atoms with Gasteiger partial charge in [0.15, 0.2) is 5.13 Å². The number of carbonyl (C=O) groups is 1. The van der Waals surface area contributed by atoms with E-state index in [0.717, 1.165) is 27.3 Å². The highest BCUT2D eigenvalue weighted by Crippen LogP contribution is 2.29. The summed E-state index contributed by atoms with van der Waals surface area (Å²) >= 11 is 1.41. The molecule has 2 heterocycles. The molecule has 2 aromatic carbocycles. The van der Waals surface area contributed by atoms with E-state index in [2.05, 4.69) is 20.4 Å². The number of aromatic nitrogens is 3. The summed E-state index contributed by atoms with van der Waals surface area (Å²) in [7, 11) is 0. The van der Waals surface area contributed by atoms with Crippen LogP contribution in [0.4, 0.5) is 5.13 Å². The van der Waals surface area contributed by atoms with E-state index < -0.39 is 0 Å². The predicted molar refractivity (Wildman–Crippen MR) is 119 cm³/mol. The summed E-state index contributed by atoms with van der Waals surface area (Å²) in [5.41, 5.74) is 1.64. The molecule has 0 aliphatic rings. The van der Waals surface area contributed by atoms with Crippen molar-refractivity contribution in [3.8, 4) is 22.9 Å². The van der Waals surface area contributed by atoms with Crippen LogP contribution in [0.15, 0.2) is 47.0 Å². The third-order valence-corrected chi connectivity index (χ3v) is 5.31. The van der Waals surface area contributed by atoms with Crippen LogP contribution >= 0.6 is 11.3 Å². The van der Waals surface area contributed by atoms with Gasteiger partial charge in [-0.3, -0.25) is 4.79 Å². The Labute approximate surface area is 183 Å². The molecule has 0 fully saturated rings. The van der Waals surface area contributed by atoms with E-state index in [4.69, 9.17) is 14.0 Å². The smallest absolute Gasteiger partial charge is 0.227 e. The van der Waals surface area contributed by atoms with E-state index in [1.165, 1.54) is 11.3 Å². The number of amides is 1. The Morgan fingerprint density at radius 1 is 1.03 bits per heavy atom. The highest BCUT2D eigenvalue weighted by Gasteiger charge is 2.13. The quantitative estimate of drug-likeness (QED) is 0.404. The summed E-state index contributed by atoms with van der Waals surface area (Å²) in [6.45, 7) is 5.08. The zero-order valence-corrected chi connectivity index (χ0v) is 18.1. The van der Waals surface area contributed by atoms with E-state index in [0.29, 0.717) is 36.5 Å². The number of thiazole rings is 1. The van der Waals surface area contributed by atoms with Gasteiger partial charge in [0, 0.05) is 18.4 Å². The topological polar surface area (TPSA) is 99.4 Å². The Kier molecular flexibility index (Phi) is 6.42. The molecule has 0 saturated carbocycles. The van der Waals surface area contributed by atoms with Crippen molar-refractivity contribution in [1.29, 1.82) is 0 Å². The summed E-state index contributed by atoms with van der Waals surface area (Å²) in [5, 5.41) is 7.38. The molecule has 0 spiro atoms. The van der Waals surface area contributed by atoms with Crippen LogP contribution < -0.4 is 14.8 Å². The van der Waals surface area contributed by atoms with E-state index in [1.54, 1.807) is 0 Å². The van der Waals surface area contributed by atoms with Gasteiger partial charge in [-0.05, 0) is 56.3 Å². The molecule has 0 unspecified atom stereocenters. The number of benzene rings is 2. The predicted octanol–water partition coefficient (Wildman–Crippen LogP) is 4.72. The fourth-order valence-corrected chi connectivity index (χ4v) is 3.87. The summed E-state index contributed by atoms with van der Waals surface area (Å²) in [4.78, 5) is 21.1. The molecule has 0 atom stereocenters. The number of hydrogen-bond donors (Lipinski definition) is 1. The molecule has 160 valence electrons. The number of fused-ring (bicyclic) bond motifs is 1. The van der Waals surface area contributed by atoms with Gasteiger partial charge in [-0.1, -0.05) is 16.5 Å². The molecule has 4 rings (SSSR count). The lowest BCUT2D eigenvalue weighted by Crippen LogP contribution is -2.12. The van der Waals surface area contributed by atoms with E-state index in [1.807, 2.05) is 56.3 Å². The van der Waals surface area contributed by atoms with E-state index in [-0.39, 0.29) is 12.3 Å². The molecule has 0 saturated heterocycles. The van der Waals surface area contributed by atoms with Crippen LogP contribution in [-0.4, -0.2) is 34.2 Å². The average molecular weight is 439 g/mol. The zero-order chi connectivity index (χ0) is 21.6. The number of nitrogens with one attached hydrogen (secondary N) is 1. The van der Waals surface area contributed by atoms with Gasteiger partial charge in [0.05, 0.1) is 23.4 Å². The SMILES string of the molecule is CCOc1ccc(-c2noc(CCC(=O)Nc3nc4ccc(OCC)cc4s3)n2)cc1. The fraction of sp³-hybridized carbons (Fsp3) is 0.273. The molecule has 0 bridgehead atoms. The van der Waals surface area contributed by atoms with Crippen LogP contribution in [0.3, 0.4) is 0 Å². The minimum Gasteiger partial charge on any atom is -0.494 e. The number of hydrogen-bond acceptors (Lipinski definition) is 8. The number of nitrogens with zero attached hydrogens (tertiary/aromatic N) is 3. The standard InChI is InChI=1S/C22H22N4O4S/c1-3-28-15-7-5-14(6-8-15)21-25-20(30-26-21)12-11-19(27)24-22-23-17-10-9-16(29-4-2)13-18(17)31-22/h5-10,13H,3-4,11-12H2,1-2H3,(H,23,24,27). The minimum atomic E-state index is -0.162. The van der Waals surface area contributed by atoms with Crippen LogP contribution in [0.1, 0.15) is 26.2 Å². The summed E-state index contributed by atoms with van der Waals surface area (Å²) in [6.07, 6.45) is 0.556. The van der Waals surface area contributed by atoms with Gasteiger partial charge in [0.2, 0.25) is 17.6 Å². The Morgan fingerprint density at radius 2 is 1.77 bits per heavy atom. The number of rotatable bonds is 9. The monoisotopic (exact) mass is 438 g/mol. The van der Waals surface area contributed by atoms with Crippen molar-refractivity contribution in [2.45, 2.75) is 26.7 Å². The third-order valence-electron chi connectivity index (χ3n) is 4.37. The van der Waals surface area contributed by atoms with Gasteiger partial charge in [-0.15, -0.1) is 0 Å². The largest absolute Gasteiger partial charge is 0.494 e. The second-order valence-corrected chi connectivity index (χ2v) is 7.63. The van der Waals surface area contributed by atoms with Gasteiger partial charge in [-0.25, -0.2) is 4.98 Å². The third kappa shape index (κ3) is 5.18. The first kappa shape index (κ1) is 20.8. The molecular formula is C22H22N4O4S. The van der Waals surface area contributed by atoms with Crippen molar-refractivity contribution in [2.24, 2.45) is 0 Å². The first-order valence-electron chi connectivity index (χ1n) is 10.0. The molecule has 2 aromatic heterocycles. The molecule has 0 aliphatic carbocycles. The van der Waals surface area contributed by atoms with Crippen LogP contribution in [0, 0.1) is 0 Å². The summed E-state index contributed by atoms with van der Waals surface area (Å²) in [5.74, 6) is 2.30. The molecule has 0 aliphatic heterocycles. The maximum Gasteiger partial charge on any atom is 0.227 e. The van der Waals surface area contributed by atoms with Crippen molar-refractivity contribution in [3.63, 3.8) is 0 Å². The molecule has 31 heavy (non-hydrogen) atoms. The first-order valence-corrected chi connectivity index (χ1v) is 10.8. The molecule has 1 amide bonds. The molecule has 0 radical (unpaired) electrons. The lowest BCUT2D eigenvalue weighted by Gasteiger charge is -2.02. The van der Waals surface area contributed by atoms with Crippen molar-refractivity contribution in [3.05, 3.63) is 48.4 Å². The lowest BCUT2D eigenvalue weighted by atomic mass is 10.2. The Hall–Kier alpha value is -3.46. The molecule has 4 aromatic rings. The van der Waals surface area contributed by atoms with Crippen molar-refractivity contribution in [1.82, 2.24) is 15.1 Å². The molecule has 9 heteroatoms. The van der Waals surface area contributed by atoms with Crippen molar-refractivity contribution in [2.75, 3.05) is 18.5 Å². The van der Waals surface area contributed by atoms with Crippen LogP contribution in [0.2, 0.25) is 0 Å². The van der Waals surface area contributed by atoms with Crippen LogP contribution in [-0.2, 0) is 11.2 Å². The lowest BCUT2D eigenvalue weighted by molar-refractivity contribution is -0.116. The van der Waals surface area contributed by atoms with Gasteiger partial charge in [0.1, 0.15) is 11.5 Å². The van der Waals surface area contributed by atoms with Gasteiger partial charge in [0.25, 0.3) is 0 Å². The van der Waals surface area contributed by atoms with Gasteiger partial charge < -0.3 is 19.3 Å². The zero-order valence-electron chi connectivity index (χ0n) is 17.3. The van der Waals surface area contributed by atoms with Crippen LogP contribution in [0.25, 0.3) is 21.6 Å². The Balaban J connectivity index is 1.33. The maximum atomic E-state index is 12.3. The van der Waals surface area contributed by atoms with Crippen molar-refractivity contribution >= 4 is 32.6 Å². The summed E-state index contributed by atoms with van der Waals surface area (Å²) < 4.78 is 17.2. The minimum absolute atomic E-state index is 0.162. The highest BCUT2D eigenvalue weighted by atomic mass is 32.1. The van der Waals surface area contributed by atoms with Gasteiger partial charge >= 0.3 is 0 Å². The maximum absolute atomic E-state index is 12.3. The normalized spacial score (nSPS) is 10.9. The van der Waals surface area contributed by atoms with E-state index >= 15 is 0 Å². The molecule has 8 nitrogen and oxygen atoms in total. The number of carbonyl (C=O) groups excluding carboxylic acids is 1. The second-order valence-electron chi connectivity index (χ2n) is 6.60. The fourth-order valence-electron chi connectivity index (χ4n) is 2.96. The second kappa shape index (κ2) is 9.57. The van der Waals surface area contributed by atoms with Crippen molar-refractivity contribution < 1.29 is 18.8 Å². The number of aryl methyl sites for hydroxylation is 1. The van der Waals surface area contributed by atoms with Crippen LogP contribution in [0.5, 0.6) is 11.5 Å². The Bertz CT molecular complexity index is 1170. The molecular weight excluding hydrogens is 416 g/mol. The van der Waals surface area contributed by atoms with E-state index in [9.17, 15) is 4.79 Å². The van der Waals surface area contributed by atoms with Gasteiger partial charge in [-0.2, -0.15) is 4.98 Å². The first-order chi connectivity index (χ1) is 15.1. The Morgan fingerprint density at radius 3 is 2.55 bits per heavy atom. The average Bonchev–Trinajstić information content (AvgIpc) is 3.39. The molecule has 1 N–H and O–H groups in total.